The maximum Gasteiger partial charge on any atom is 0.247 e. The van der Waals surface area contributed by atoms with E-state index in [1.165, 1.54) is 15.4 Å². The van der Waals surface area contributed by atoms with Crippen LogP contribution in [0.5, 0.6) is 0 Å². The largest absolute Gasteiger partial charge is 0.308 e. The van der Waals surface area contributed by atoms with E-state index in [4.69, 9.17) is 11.6 Å². The highest BCUT2D eigenvalue weighted by atomic mass is 79.9. The second-order valence-corrected chi connectivity index (χ2v) is 6.67. The van der Waals surface area contributed by atoms with Crippen molar-refractivity contribution in [1.82, 2.24) is 19.6 Å². The predicted octanol–water partition coefficient (Wildman–Crippen LogP) is 3.63. The number of halogens is 3. The van der Waals surface area contributed by atoms with E-state index in [-0.39, 0.29) is 19.0 Å². The Bertz CT molecular complexity index is 883. The van der Waals surface area contributed by atoms with Gasteiger partial charge in [0.15, 0.2) is 5.82 Å². The Hall–Kier alpha value is -2.19. The summed E-state index contributed by atoms with van der Waals surface area (Å²) in [5, 5.41) is 11.4. The van der Waals surface area contributed by atoms with Gasteiger partial charge in [0, 0.05) is 29.0 Å². The predicted molar refractivity (Wildman–Crippen MR) is 96.0 cm³/mol. The number of aryl methyl sites for hydroxylation is 1. The molecular weight excluding hydrogens is 413 g/mol. The molecule has 1 N–H and O–H groups in total. The molecule has 0 atom stereocenters. The Morgan fingerprint density at radius 1 is 1.32 bits per heavy atom. The van der Waals surface area contributed by atoms with Crippen molar-refractivity contribution in [3.8, 4) is 0 Å². The van der Waals surface area contributed by atoms with Crippen molar-refractivity contribution in [1.29, 1.82) is 0 Å². The maximum absolute atomic E-state index is 13.8. The standard InChI is InChI=1S/C16H14BrClFN5O/c1-10-12(17)8-24(21-10)9-16(25)20-15-5-6-23(22-15)7-11-13(18)3-2-4-14(11)19/h2-6,8H,7,9H2,1H3,(H,20,22,25). The van der Waals surface area contributed by atoms with Crippen molar-refractivity contribution in [2.45, 2.75) is 20.0 Å². The second kappa shape index (κ2) is 7.37. The van der Waals surface area contributed by atoms with Crippen LogP contribution in [0.1, 0.15) is 11.3 Å². The third-order valence-electron chi connectivity index (χ3n) is 3.48. The van der Waals surface area contributed by atoms with Crippen LogP contribution in [0.4, 0.5) is 10.2 Å². The SMILES string of the molecule is Cc1nn(CC(=O)Nc2ccn(Cc3c(F)cccc3Cl)n2)cc1Br. The Morgan fingerprint density at radius 2 is 2.12 bits per heavy atom. The first-order valence-corrected chi connectivity index (χ1v) is 8.55. The normalized spacial score (nSPS) is 10.9. The summed E-state index contributed by atoms with van der Waals surface area (Å²) in [6.07, 6.45) is 3.38. The van der Waals surface area contributed by atoms with E-state index in [0.717, 1.165) is 10.2 Å². The lowest BCUT2D eigenvalue weighted by atomic mass is 10.2. The molecule has 0 spiro atoms. The smallest absolute Gasteiger partial charge is 0.247 e. The van der Waals surface area contributed by atoms with E-state index in [9.17, 15) is 9.18 Å². The summed E-state index contributed by atoms with van der Waals surface area (Å²) in [6, 6.07) is 6.15. The third kappa shape index (κ3) is 4.26. The summed E-state index contributed by atoms with van der Waals surface area (Å²) < 4.78 is 17.7. The molecule has 0 bridgehead atoms. The fourth-order valence-corrected chi connectivity index (χ4v) is 2.80. The molecule has 0 fully saturated rings. The molecule has 3 aromatic rings. The molecule has 130 valence electrons. The van der Waals surface area contributed by atoms with Gasteiger partial charge in [0.1, 0.15) is 12.4 Å². The van der Waals surface area contributed by atoms with Crippen LogP contribution in [0.15, 0.2) is 41.1 Å². The first-order valence-electron chi connectivity index (χ1n) is 7.38. The highest BCUT2D eigenvalue weighted by molar-refractivity contribution is 9.10. The van der Waals surface area contributed by atoms with Crippen molar-refractivity contribution in [2.24, 2.45) is 0 Å². The lowest BCUT2D eigenvalue weighted by Crippen LogP contribution is -2.19. The Labute approximate surface area is 156 Å². The van der Waals surface area contributed by atoms with Gasteiger partial charge in [-0.15, -0.1) is 0 Å². The van der Waals surface area contributed by atoms with E-state index >= 15 is 0 Å². The van der Waals surface area contributed by atoms with Crippen LogP contribution in [-0.4, -0.2) is 25.5 Å². The quantitative estimate of drug-likeness (QED) is 0.677. The van der Waals surface area contributed by atoms with Crippen LogP contribution >= 0.6 is 27.5 Å². The van der Waals surface area contributed by atoms with Gasteiger partial charge in [0.2, 0.25) is 5.91 Å². The Balaban J connectivity index is 1.64. The molecule has 25 heavy (non-hydrogen) atoms. The molecule has 0 aliphatic heterocycles. The molecule has 2 aromatic heterocycles. The molecule has 1 amide bonds. The number of benzene rings is 1. The Morgan fingerprint density at radius 3 is 2.80 bits per heavy atom. The molecule has 1 aromatic carbocycles. The van der Waals surface area contributed by atoms with E-state index in [2.05, 4.69) is 31.4 Å². The van der Waals surface area contributed by atoms with Crippen molar-refractivity contribution in [2.75, 3.05) is 5.32 Å². The van der Waals surface area contributed by atoms with Gasteiger partial charge in [0.05, 0.1) is 16.7 Å². The van der Waals surface area contributed by atoms with Gasteiger partial charge in [-0.2, -0.15) is 10.2 Å². The summed E-state index contributed by atoms with van der Waals surface area (Å²) >= 11 is 9.36. The molecule has 9 heteroatoms. The molecule has 0 aliphatic rings. The zero-order valence-electron chi connectivity index (χ0n) is 13.2. The summed E-state index contributed by atoms with van der Waals surface area (Å²) in [5.74, 6) is -0.280. The first kappa shape index (κ1) is 17.6. The number of anilines is 1. The fraction of sp³-hybridized carbons (Fsp3) is 0.188. The monoisotopic (exact) mass is 425 g/mol. The molecule has 3 rings (SSSR count). The van der Waals surface area contributed by atoms with Crippen LogP contribution < -0.4 is 5.32 Å². The van der Waals surface area contributed by atoms with E-state index in [0.29, 0.717) is 16.4 Å². The average molecular weight is 427 g/mol. The van der Waals surface area contributed by atoms with Crippen LogP contribution in [0.25, 0.3) is 0 Å². The van der Waals surface area contributed by atoms with Gasteiger partial charge < -0.3 is 5.32 Å². The van der Waals surface area contributed by atoms with E-state index in [1.54, 1.807) is 30.6 Å². The summed E-state index contributed by atoms with van der Waals surface area (Å²) in [5.41, 5.74) is 1.15. The molecule has 0 unspecified atom stereocenters. The molecule has 6 nitrogen and oxygen atoms in total. The number of hydrogen-bond donors (Lipinski definition) is 1. The Kier molecular flexibility index (Phi) is 5.19. The van der Waals surface area contributed by atoms with Crippen LogP contribution in [0.2, 0.25) is 5.02 Å². The van der Waals surface area contributed by atoms with Crippen molar-refractivity contribution < 1.29 is 9.18 Å². The summed E-state index contributed by atoms with van der Waals surface area (Å²) in [6.45, 7) is 2.08. The van der Waals surface area contributed by atoms with Gasteiger partial charge in [-0.3, -0.25) is 14.2 Å². The van der Waals surface area contributed by atoms with Gasteiger partial charge in [-0.1, -0.05) is 17.7 Å². The molecule has 2 heterocycles. The zero-order valence-corrected chi connectivity index (χ0v) is 15.6. The van der Waals surface area contributed by atoms with Crippen LogP contribution in [-0.2, 0) is 17.9 Å². The van der Waals surface area contributed by atoms with E-state index in [1.807, 2.05) is 6.92 Å². The zero-order chi connectivity index (χ0) is 18.0. The first-order chi connectivity index (χ1) is 11.9. The topological polar surface area (TPSA) is 64.7 Å². The van der Waals surface area contributed by atoms with Crippen molar-refractivity contribution in [3.05, 3.63) is 63.2 Å². The summed E-state index contributed by atoms with van der Waals surface area (Å²) in [4.78, 5) is 12.1. The second-order valence-electron chi connectivity index (χ2n) is 5.41. The number of amides is 1. The number of carbonyl (C=O) groups is 1. The third-order valence-corrected chi connectivity index (χ3v) is 4.61. The number of rotatable bonds is 5. The highest BCUT2D eigenvalue weighted by Crippen LogP contribution is 2.20. The molecule has 0 saturated heterocycles. The van der Waals surface area contributed by atoms with Gasteiger partial charge in [-0.25, -0.2) is 4.39 Å². The minimum absolute atomic E-state index is 0.0679. The minimum atomic E-state index is -0.395. The van der Waals surface area contributed by atoms with Crippen molar-refractivity contribution >= 4 is 39.3 Å². The minimum Gasteiger partial charge on any atom is -0.308 e. The fourth-order valence-electron chi connectivity index (χ4n) is 2.27. The van der Waals surface area contributed by atoms with Crippen LogP contribution in [0, 0.1) is 12.7 Å². The van der Waals surface area contributed by atoms with Gasteiger partial charge in [0.25, 0.3) is 0 Å². The average Bonchev–Trinajstić information content (AvgIpc) is 3.10. The number of aromatic nitrogens is 4. The van der Waals surface area contributed by atoms with Gasteiger partial charge >= 0.3 is 0 Å². The lowest BCUT2D eigenvalue weighted by Gasteiger charge is -2.06. The van der Waals surface area contributed by atoms with Crippen LogP contribution in [0.3, 0.4) is 0 Å². The number of carbonyl (C=O) groups excluding carboxylic acids is 1. The summed E-state index contributed by atoms with van der Waals surface area (Å²) in [7, 11) is 0. The highest BCUT2D eigenvalue weighted by Gasteiger charge is 2.11. The van der Waals surface area contributed by atoms with Crippen molar-refractivity contribution in [3.63, 3.8) is 0 Å². The lowest BCUT2D eigenvalue weighted by molar-refractivity contribution is -0.116. The number of hydrogen-bond acceptors (Lipinski definition) is 3. The number of nitrogens with zero attached hydrogens (tertiary/aromatic N) is 4. The molecule has 0 saturated carbocycles. The van der Waals surface area contributed by atoms with E-state index < -0.39 is 5.82 Å². The number of nitrogens with one attached hydrogen (secondary N) is 1. The molecular formula is C16H14BrClFN5O. The molecule has 0 aliphatic carbocycles. The maximum atomic E-state index is 13.8. The van der Waals surface area contributed by atoms with Gasteiger partial charge in [-0.05, 0) is 35.0 Å². The molecule has 0 radical (unpaired) electrons.